The molecule has 0 aliphatic rings. The molecular weight excluding hydrogens is 238 g/mol. The smallest absolute Gasteiger partial charge is 0.326 e. The maximum atomic E-state index is 11.6. The third-order valence-corrected chi connectivity index (χ3v) is 3.02. The molecule has 4 nitrogen and oxygen atoms in total. The second-order valence-corrected chi connectivity index (χ2v) is 5.18. The maximum absolute atomic E-state index is 11.6. The minimum Gasteiger partial charge on any atom is -0.480 e. The van der Waals surface area contributed by atoms with Gasteiger partial charge in [-0.3, -0.25) is 4.79 Å². The standard InChI is InChI=1S/C12H17NO3S/c1-8(2)5-10(12(15)16)13-11(14)6-9-3-4-17-7-9/h3-4,7-8,10H,5-6H2,1-2H3,(H,13,14)(H,15,16). The predicted molar refractivity (Wildman–Crippen MR) is 67.0 cm³/mol. The molecule has 17 heavy (non-hydrogen) atoms. The van der Waals surface area contributed by atoms with Crippen molar-refractivity contribution in [2.45, 2.75) is 32.7 Å². The molecule has 1 aromatic heterocycles. The number of hydrogen-bond donors (Lipinski definition) is 2. The molecule has 0 fully saturated rings. The highest BCUT2D eigenvalue weighted by atomic mass is 32.1. The van der Waals surface area contributed by atoms with E-state index in [4.69, 9.17) is 5.11 Å². The van der Waals surface area contributed by atoms with E-state index in [0.29, 0.717) is 6.42 Å². The highest BCUT2D eigenvalue weighted by Gasteiger charge is 2.20. The third-order valence-electron chi connectivity index (χ3n) is 2.29. The minimum atomic E-state index is -0.975. The van der Waals surface area contributed by atoms with E-state index in [1.54, 1.807) is 0 Å². The minimum absolute atomic E-state index is 0.234. The summed E-state index contributed by atoms with van der Waals surface area (Å²) in [6.07, 6.45) is 0.691. The highest BCUT2D eigenvalue weighted by molar-refractivity contribution is 7.07. The van der Waals surface area contributed by atoms with Crippen LogP contribution in [0.5, 0.6) is 0 Å². The molecule has 0 saturated heterocycles. The lowest BCUT2D eigenvalue weighted by molar-refractivity contribution is -0.142. The molecule has 94 valence electrons. The lowest BCUT2D eigenvalue weighted by Crippen LogP contribution is -2.42. The number of aliphatic carboxylic acids is 1. The quantitative estimate of drug-likeness (QED) is 0.816. The molecule has 1 rings (SSSR count). The van der Waals surface area contributed by atoms with Crippen molar-refractivity contribution in [1.82, 2.24) is 5.32 Å². The van der Waals surface area contributed by atoms with Gasteiger partial charge < -0.3 is 10.4 Å². The topological polar surface area (TPSA) is 66.4 Å². The molecule has 1 aromatic rings. The number of carboxylic acids is 1. The highest BCUT2D eigenvalue weighted by Crippen LogP contribution is 2.08. The van der Waals surface area contributed by atoms with Crippen LogP contribution in [0.15, 0.2) is 16.8 Å². The second-order valence-electron chi connectivity index (χ2n) is 4.40. The van der Waals surface area contributed by atoms with E-state index < -0.39 is 12.0 Å². The zero-order chi connectivity index (χ0) is 12.8. The van der Waals surface area contributed by atoms with Crippen LogP contribution in [0, 0.1) is 5.92 Å². The summed E-state index contributed by atoms with van der Waals surface area (Å²) in [5.74, 6) is -0.980. The monoisotopic (exact) mass is 255 g/mol. The van der Waals surface area contributed by atoms with Crippen molar-refractivity contribution in [3.05, 3.63) is 22.4 Å². The number of hydrogen-bond acceptors (Lipinski definition) is 3. The van der Waals surface area contributed by atoms with E-state index in [9.17, 15) is 9.59 Å². The van der Waals surface area contributed by atoms with Gasteiger partial charge in [-0.15, -0.1) is 0 Å². The van der Waals surface area contributed by atoms with Gasteiger partial charge in [0.1, 0.15) is 6.04 Å². The predicted octanol–water partition coefficient (Wildman–Crippen LogP) is 1.91. The van der Waals surface area contributed by atoms with E-state index in [1.807, 2.05) is 30.7 Å². The van der Waals surface area contributed by atoms with Gasteiger partial charge in [-0.25, -0.2) is 4.79 Å². The Labute approximate surface area is 105 Å². The Bertz CT molecular complexity index is 373. The SMILES string of the molecule is CC(C)CC(NC(=O)Cc1ccsc1)C(=O)O. The van der Waals surface area contributed by atoms with Gasteiger partial charge in [-0.2, -0.15) is 11.3 Å². The molecule has 1 amide bonds. The lowest BCUT2D eigenvalue weighted by Gasteiger charge is -2.16. The van der Waals surface area contributed by atoms with Gasteiger partial charge in [0.25, 0.3) is 0 Å². The fourth-order valence-corrected chi connectivity index (χ4v) is 2.19. The lowest BCUT2D eigenvalue weighted by atomic mass is 10.0. The number of carbonyl (C=O) groups is 2. The van der Waals surface area contributed by atoms with E-state index in [1.165, 1.54) is 11.3 Å². The molecule has 0 radical (unpaired) electrons. The van der Waals surface area contributed by atoms with E-state index >= 15 is 0 Å². The zero-order valence-corrected chi connectivity index (χ0v) is 10.8. The number of carboxylic acid groups (broad SMARTS) is 1. The van der Waals surface area contributed by atoms with Gasteiger partial charge in [-0.1, -0.05) is 13.8 Å². The normalized spacial score (nSPS) is 12.4. The van der Waals surface area contributed by atoms with Gasteiger partial charge in [0, 0.05) is 0 Å². The number of thiophene rings is 1. The summed E-state index contributed by atoms with van der Waals surface area (Å²) < 4.78 is 0. The molecule has 5 heteroatoms. The molecule has 1 heterocycles. The van der Waals surface area contributed by atoms with Crippen LogP contribution in [-0.4, -0.2) is 23.0 Å². The van der Waals surface area contributed by atoms with Gasteiger partial charge in [0.2, 0.25) is 5.91 Å². The summed E-state index contributed by atoms with van der Waals surface area (Å²) in [5, 5.41) is 15.3. The maximum Gasteiger partial charge on any atom is 0.326 e. The van der Waals surface area contributed by atoms with Crippen LogP contribution in [0.2, 0.25) is 0 Å². The van der Waals surface area contributed by atoms with Gasteiger partial charge in [0.15, 0.2) is 0 Å². The number of nitrogens with one attached hydrogen (secondary N) is 1. The van der Waals surface area contributed by atoms with Crippen molar-refractivity contribution in [3.63, 3.8) is 0 Å². The summed E-state index contributed by atoms with van der Waals surface area (Å²) in [6.45, 7) is 3.86. The average molecular weight is 255 g/mol. The Hall–Kier alpha value is -1.36. The van der Waals surface area contributed by atoms with Crippen LogP contribution in [0.25, 0.3) is 0 Å². The number of amides is 1. The van der Waals surface area contributed by atoms with Gasteiger partial charge in [0.05, 0.1) is 6.42 Å². The summed E-state index contributed by atoms with van der Waals surface area (Å²) in [6, 6.07) is 1.07. The fourth-order valence-electron chi connectivity index (χ4n) is 1.52. The first-order chi connectivity index (χ1) is 7.99. The molecule has 0 saturated carbocycles. The van der Waals surface area contributed by atoms with E-state index in [2.05, 4.69) is 5.32 Å². The van der Waals surface area contributed by atoms with Crippen LogP contribution in [0.1, 0.15) is 25.8 Å². The largest absolute Gasteiger partial charge is 0.480 e. The molecule has 2 N–H and O–H groups in total. The first kappa shape index (κ1) is 13.7. The van der Waals surface area contributed by atoms with Crippen LogP contribution in [0.4, 0.5) is 0 Å². The van der Waals surface area contributed by atoms with Crippen molar-refractivity contribution in [1.29, 1.82) is 0 Å². The number of carbonyl (C=O) groups excluding carboxylic acids is 1. The average Bonchev–Trinajstić information content (AvgIpc) is 2.68. The Kier molecular flexibility index (Phi) is 5.15. The first-order valence-corrected chi connectivity index (χ1v) is 6.46. The Morgan fingerprint density at radius 1 is 1.47 bits per heavy atom. The zero-order valence-electron chi connectivity index (χ0n) is 9.97. The molecule has 0 spiro atoms. The third kappa shape index (κ3) is 4.99. The molecular formula is C12H17NO3S. The molecule has 0 aliphatic carbocycles. The van der Waals surface area contributed by atoms with Crippen LogP contribution >= 0.6 is 11.3 Å². The Morgan fingerprint density at radius 2 is 2.18 bits per heavy atom. The second kappa shape index (κ2) is 6.39. The van der Waals surface area contributed by atoms with Gasteiger partial charge in [-0.05, 0) is 34.7 Å². The molecule has 1 atom stereocenters. The number of rotatable bonds is 6. The first-order valence-electron chi connectivity index (χ1n) is 5.52. The summed E-state index contributed by atoms with van der Waals surface area (Å²) in [7, 11) is 0. The Morgan fingerprint density at radius 3 is 2.65 bits per heavy atom. The van der Waals surface area contributed by atoms with Crippen LogP contribution in [-0.2, 0) is 16.0 Å². The van der Waals surface area contributed by atoms with Crippen LogP contribution < -0.4 is 5.32 Å². The Balaban J connectivity index is 2.49. The van der Waals surface area contributed by atoms with Crippen molar-refractivity contribution in [2.75, 3.05) is 0 Å². The summed E-state index contributed by atoms with van der Waals surface area (Å²) in [5.41, 5.74) is 0.918. The van der Waals surface area contributed by atoms with Crippen molar-refractivity contribution in [2.24, 2.45) is 5.92 Å². The van der Waals surface area contributed by atoms with Gasteiger partial charge >= 0.3 is 5.97 Å². The molecule has 0 aromatic carbocycles. The van der Waals surface area contributed by atoms with Crippen molar-refractivity contribution < 1.29 is 14.7 Å². The summed E-state index contributed by atoms with van der Waals surface area (Å²) in [4.78, 5) is 22.6. The van der Waals surface area contributed by atoms with E-state index in [-0.39, 0.29) is 18.2 Å². The van der Waals surface area contributed by atoms with Crippen molar-refractivity contribution >= 4 is 23.2 Å². The van der Waals surface area contributed by atoms with E-state index in [0.717, 1.165) is 5.56 Å². The summed E-state index contributed by atoms with van der Waals surface area (Å²) >= 11 is 1.52. The molecule has 1 unspecified atom stereocenters. The molecule has 0 bridgehead atoms. The molecule has 0 aliphatic heterocycles. The fraction of sp³-hybridized carbons (Fsp3) is 0.500. The van der Waals surface area contributed by atoms with Crippen LogP contribution in [0.3, 0.4) is 0 Å². The van der Waals surface area contributed by atoms with Crippen molar-refractivity contribution in [3.8, 4) is 0 Å².